The number of nitrogens with zero attached hydrogens (tertiary/aromatic N) is 2. The van der Waals surface area contributed by atoms with Crippen LogP contribution in [0, 0.1) is 5.92 Å². The molecule has 2 saturated heterocycles. The third kappa shape index (κ3) is 3.38. The van der Waals surface area contributed by atoms with Crippen LogP contribution in [0.2, 0.25) is 15.1 Å². The fourth-order valence-corrected chi connectivity index (χ4v) is 4.76. The van der Waals surface area contributed by atoms with Gasteiger partial charge in [-0.1, -0.05) is 59.1 Å². The summed E-state index contributed by atoms with van der Waals surface area (Å²) in [6.45, 7) is 0. The molecule has 2 aliphatic rings. The lowest BCUT2D eigenvalue weighted by Gasteiger charge is -2.29. The second kappa shape index (κ2) is 7.84. The van der Waals surface area contributed by atoms with Crippen molar-refractivity contribution < 1.29 is 14.4 Å². The molecule has 0 radical (unpaired) electrons. The minimum Gasteiger partial charge on any atom is -0.273 e. The maximum atomic E-state index is 13.5. The highest BCUT2D eigenvalue weighted by Gasteiger charge is 2.60. The van der Waals surface area contributed by atoms with Crippen molar-refractivity contribution in [2.45, 2.75) is 12.1 Å². The molecule has 3 aromatic carbocycles. The van der Waals surface area contributed by atoms with E-state index in [2.05, 4.69) is 0 Å². The first-order valence-corrected chi connectivity index (χ1v) is 10.7. The second-order valence-corrected chi connectivity index (χ2v) is 8.59. The van der Waals surface area contributed by atoms with E-state index in [-0.39, 0.29) is 5.91 Å². The number of anilines is 2. The Bertz CT molecular complexity index is 1170. The molecule has 3 aromatic rings. The Balaban J connectivity index is 1.62. The van der Waals surface area contributed by atoms with Crippen molar-refractivity contribution in [1.82, 2.24) is 0 Å². The Morgan fingerprint density at radius 2 is 1.42 bits per heavy atom. The van der Waals surface area contributed by atoms with Crippen LogP contribution in [-0.4, -0.2) is 17.9 Å². The summed E-state index contributed by atoms with van der Waals surface area (Å²) in [4.78, 5) is 34.0. The maximum absolute atomic E-state index is 13.5. The molecular formula is C23H15Cl3N2O3. The van der Waals surface area contributed by atoms with Crippen molar-refractivity contribution in [1.29, 1.82) is 0 Å². The third-order valence-corrected chi connectivity index (χ3v) is 6.31. The normalized spacial score (nSPS) is 22.9. The summed E-state index contributed by atoms with van der Waals surface area (Å²) in [5, 5.41) is 2.99. The van der Waals surface area contributed by atoms with Crippen LogP contribution in [0.3, 0.4) is 0 Å². The van der Waals surface area contributed by atoms with Crippen LogP contribution in [-0.2, 0) is 14.4 Å². The molecule has 2 fully saturated rings. The van der Waals surface area contributed by atoms with E-state index in [4.69, 9.17) is 39.6 Å². The zero-order chi connectivity index (χ0) is 21.7. The van der Waals surface area contributed by atoms with Crippen LogP contribution in [0.25, 0.3) is 0 Å². The van der Waals surface area contributed by atoms with Crippen molar-refractivity contribution in [2.24, 2.45) is 5.92 Å². The molecule has 5 nitrogen and oxygen atoms in total. The minimum atomic E-state index is -0.972. The van der Waals surface area contributed by atoms with Gasteiger partial charge in [-0.15, -0.1) is 0 Å². The van der Waals surface area contributed by atoms with Crippen molar-refractivity contribution in [3.05, 3.63) is 93.4 Å². The summed E-state index contributed by atoms with van der Waals surface area (Å²) in [5.74, 6) is -1.52. The highest BCUT2D eigenvalue weighted by atomic mass is 35.5. The Labute approximate surface area is 193 Å². The van der Waals surface area contributed by atoms with Gasteiger partial charge in [0.05, 0.1) is 17.4 Å². The van der Waals surface area contributed by atoms with Gasteiger partial charge in [0.1, 0.15) is 5.92 Å². The van der Waals surface area contributed by atoms with Gasteiger partial charge in [0.15, 0.2) is 6.10 Å². The zero-order valence-electron chi connectivity index (χ0n) is 15.9. The van der Waals surface area contributed by atoms with E-state index in [0.29, 0.717) is 32.0 Å². The van der Waals surface area contributed by atoms with Gasteiger partial charge >= 0.3 is 0 Å². The van der Waals surface area contributed by atoms with E-state index in [1.165, 1.54) is 4.90 Å². The number of halogens is 3. The molecule has 5 rings (SSSR count). The average molecular weight is 474 g/mol. The number of amides is 2. The quantitative estimate of drug-likeness (QED) is 0.458. The number of hydrogen-bond acceptors (Lipinski definition) is 4. The number of hydrogen-bond donors (Lipinski definition) is 0. The Morgan fingerprint density at radius 3 is 2.10 bits per heavy atom. The Hall–Kier alpha value is -2.57. The molecule has 0 saturated carbocycles. The molecule has 8 heteroatoms. The lowest BCUT2D eigenvalue weighted by Crippen LogP contribution is -2.37. The fraction of sp³-hybridized carbons (Fsp3) is 0.130. The summed E-state index contributed by atoms with van der Waals surface area (Å²) < 4.78 is 0. The lowest BCUT2D eigenvalue weighted by molar-refractivity contribution is -0.126. The van der Waals surface area contributed by atoms with E-state index in [1.54, 1.807) is 71.8 Å². The van der Waals surface area contributed by atoms with Crippen molar-refractivity contribution in [2.75, 3.05) is 9.96 Å². The standard InChI is InChI=1S/C23H15Cl3N2O3/c24-13-6-9-16(10-7-13)28-20(17-11-8-14(25)12-18(17)26)19-21(31-28)23(30)27(22(19)29)15-4-2-1-3-5-15/h1-12,19-21H/t19-,20+,21-/m1/s1. The van der Waals surface area contributed by atoms with E-state index >= 15 is 0 Å². The fourth-order valence-electron chi connectivity index (χ4n) is 4.12. The molecule has 0 aliphatic carbocycles. The molecule has 3 atom stereocenters. The maximum Gasteiger partial charge on any atom is 0.266 e. The number of imide groups is 1. The van der Waals surface area contributed by atoms with Gasteiger partial charge in [-0.25, -0.2) is 9.96 Å². The largest absolute Gasteiger partial charge is 0.273 e. The molecule has 156 valence electrons. The summed E-state index contributed by atoms with van der Waals surface area (Å²) in [5.41, 5.74) is 1.81. The first-order valence-electron chi connectivity index (χ1n) is 9.55. The number of hydroxylamine groups is 1. The topological polar surface area (TPSA) is 49.9 Å². The van der Waals surface area contributed by atoms with Crippen LogP contribution < -0.4 is 9.96 Å². The van der Waals surface area contributed by atoms with E-state index < -0.39 is 24.0 Å². The van der Waals surface area contributed by atoms with Crippen LogP contribution >= 0.6 is 34.8 Å². The predicted molar refractivity (Wildman–Crippen MR) is 120 cm³/mol. The van der Waals surface area contributed by atoms with Gasteiger partial charge in [0, 0.05) is 15.1 Å². The molecule has 2 aliphatic heterocycles. The van der Waals surface area contributed by atoms with Gasteiger partial charge in [0.2, 0.25) is 5.91 Å². The van der Waals surface area contributed by atoms with Crippen LogP contribution in [0.5, 0.6) is 0 Å². The van der Waals surface area contributed by atoms with Crippen molar-refractivity contribution in [3.8, 4) is 0 Å². The number of para-hydroxylation sites is 1. The monoisotopic (exact) mass is 472 g/mol. The average Bonchev–Trinajstić information content (AvgIpc) is 3.25. The van der Waals surface area contributed by atoms with Crippen molar-refractivity contribution >= 4 is 58.0 Å². The molecule has 0 unspecified atom stereocenters. The zero-order valence-corrected chi connectivity index (χ0v) is 18.2. The van der Waals surface area contributed by atoms with Gasteiger partial charge in [-0.2, -0.15) is 0 Å². The minimum absolute atomic E-state index is 0.339. The van der Waals surface area contributed by atoms with Crippen LogP contribution in [0.15, 0.2) is 72.8 Å². The molecule has 31 heavy (non-hydrogen) atoms. The second-order valence-electron chi connectivity index (χ2n) is 7.31. The van der Waals surface area contributed by atoms with Gasteiger partial charge in [0.25, 0.3) is 5.91 Å². The molecule has 2 amide bonds. The van der Waals surface area contributed by atoms with Crippen LogP contribution in [0.1, 0.15) is 11.6 Å². The number of benzene rings is 3. The van der Waals surface area contributed by atoms with Gasteiger partial charge in [-0.3, -0.25) is 14.4 Å². The number of carbonyl (C=O) groups is 2. The van der Waals surface area contributed by atoms with Crippen LogP contribution in [0.4, 0.5) is 11.4 Å². The highest BCUT2D eigenvalue weighted by molar-refractivity contribution is 6.35. The van der Waals surface area contributed by atoms with Crippen molar-refractivity contribution in [3.63, 3.8) is 0 Å². The summed E-state index contributed by atoms with van der Waals surface area (Å²) >= 11 is 18.6. The SMILES string of the molecule is O=C1[C@H]2[C@@H](ON(c3ccc(Cl)cc3)[C@H]2c2ccc(Cl)cc2Cl)C(=O)N1c1ccccc1. The first-order chi connectivity index (χ1) is 15.0. The lowest BCUT2D eigenvalue weighted by atomic mass is 9.90. The van der Waals surface area contributed by atoms with E-state index in [0.717, 1.165) is 0 Å². The number of carbonyl (C=O) groups excluding carboxylic acids is 2. The van der Waals surface area contributed by atoms with Gasteiger partial charge in [-0.05, 0) is 54.1 Å². The number of fused-ring (bicyclic) bond motifs is 1. The summed E-state index contributed by atoms with van der Waals surface area (Å²) in [6, 6.07) is 20.2. The number of rotatable bonds is 3. The summed E-state index contributed by atoms with van der Waals surface area (Å²) in [7, 11) is 0. The molecule has 0 N–H and O–H groups in total. The molecule has 0 spiro atoms. The molecule has 0 aromatic heterocycles. The Morgan fingerprint density at radius 1 is 0.742 bits per heavy atom. The highest BCUT2D eigenvalue weighted by Crippen LogP contribution is 2.49. The van der Waals surface area contributed by atoms with E-state index in [9.17, 15) is 9.59 Å². The third-order valence-electron chi connectivity index (χ3n) is 5.49. The smallest absolute Gasteiger partial charge is 0.266 e. The van der Waals surface area contributed by atoms with Gasteiger partial charge < -0.3 is 0 Å². The molecule has 2 heterocycles. The first kappa shape index (κ1) is 20.3. The molecular weight excluding hydrogens is 459 g/mol. The summed E-state index contributed by atoms with van der Waals surface area (Å²) in [6.07, 6.45) is -0.972. The predicted octanol–water partition coefficient (Wildman–Crippen LogP) is 5.70. The Kier molecular flexibility index (Phi) is 5.15. The molecule has 0 bridgehead atoms. The van der Waals surface area contributed by atoms with E-state index in [1.807, 2.05) is 6.07 Å².